The third-order valence-corrected chi connectivity index (χ3v) is 6.22. The summed E-state index contributed by atoms with van der Waals surface area (Å²) in [5.74, 6) is -0.954. The zero-order chi connectivity index (χ0) is 18.8. The number of aromatic carboxylic acids is 1. The number of hydrogen-bond donors (Lipinski definition) is 2. The minimum Gasteiger partial charge on any atom is -0.478 e. The Labute approximate surface area is 161 Å². The van der Waals surface area contributed by atoms with Crippen molar-refractivity contribution in [1.29, 1.82) is 0 Å². The Morgan fingerprint density at radius 2 is 1.67 bits per heavy atom. The molecule has 136 valence electrons. The van der Waals surface area contributed by atoms with Gasteiger partial charge in [0, 0.05) is 10.4 Å². The first kappa shape index (κ1) is 17.5. The van der Waals surface area contributed by atoms with Crippen LogP contribution in [0.3, 0.4) is 0 Å². The van der Waals surface area contributed by atoms with E-state index in [0.717, 1.165) is 23.3 Å². The molecule has 27 heavy (non-hydrogen) atoms. The number of thiophene rings is 1. The molecule has 0 saturated heterocycles. The summed E-state index contributed by atoms with van der Waals surface area (Å²) in [6, 6.07) is 19.1. The fourth-order valence-electron chi connectivity index (χ4n) is 3.67. The predicted molar refractivity (Wildman–Crippen MR) is 107 cm³/mol. The van der Waals surface area contributed by atoms with E-state index < -0.39 is 5.97 Å². The molecule has 1 heterocycles. The maximum Gasteiger partial charge on any atom is 0.339 e. The standard InChI is InChI=1S/C22H19NO3S/c24-20(15-9-5-2-6-10-15)23-21-19(22(25)26)17-13-16(11-12-18(17)27-21)14-7-3-1-4-8-14/h1-10,16H,11-13H2,(H,23,24)(H,25,26). The third-order valence-electron chi connectivity index (χ3n) is 5.01. The summed E-state index contributed by atoms with van der Waals surface area (Å²) in [4.78, 5) is 25.5. The third kappa shape index (κ3) is 3.51. The number of carboxylic acids is 1. The molecule has 5 heteroatoms. The second-order valence-corrected chi connectivity index (χ2v) is 7.79. The highest BCUT2D eigenvalue weighted by atomic mass is 32.1. The van der Waals surface area contributed by atoms with Crippen molar-refractivity contribution in [2.45, 2.75) is 25.2 Å². The number of carbonyl (C=O) groups is 2. The van der Waals surface area contributed by atoms with Gasteiger partial charge in [0.2, 0.25) is 0 Å². The van der Waals surface area contributed by atoms with Crippen LogP contribution in [0, 0.1) is 0 Å². The molecule has 0 saturated carbocycles. The summed E-state index contributed by atoms with van der Waals surface area (Å²) < 4.78 is 0. The Kier molecular flexibility index (Phi) is 4.77. The van der Waals surface area contributed by atoms with Crippen LogP contribution in [-0.4, -0.2) is 17.0 Å². The summed E-state index contributed by atoms with van der Waals surface area (Å²) >= 11 is 1.40. The van der Waals surface area contributed by atoms with Gasteiger partial charge in [0.1, 0.15) is 5.00 Å². The van der Waals surface area contributed by atoms with E-state index in [0.29, 0.717) is 22.9 Å². The van der Waals surface area contributed by atoms with Crippen molar-refractivity contribution in [1.82, 2.24) is 0 Å². The number of fused-ring (bicyclic) bond motifs is 1. The molecular formula is C22H19NO3S. The van der Waals surface area contributed by atoms with Crippen molar-refractivity contribution >= 4 is 28.2 Å². The topological polar surface area (TPSA) is 66.4 Å². The van der Waals surface area contributed by atoms with E-state index in [1.165, 1.54) is 16.9 Å². The molecule has 0 bridgehead atoms. The Bertz CT molecular complexity index is 980. The van der Waals surface area contributed by atoms with Crippen LogP contribution in [0.2, 0.25) is 0 Å². The molecule has 1 atom stereocenters. The van der Waals surface area contributed by atoms with E-state index in [1.54, 1.807) is 24.3 Å². The summed E-state index contributed by atoms with van der Waals surface area (Å²) in [6.45, 7) is 0. The van der Waals surface area contributed by atoms with Crippen molar-refractivity contribution in [3.8, 4) is 0 Å². The zero-order valence-corrected chi connectivity index (χ0v) is 15.5. The van der Waals surface area contributed by atoms with Crippen LogP contribution in [0.25, 0.3) is 0 Å². The largest absolute Gasteiger partial charge is 0.478 e. The van der Waals surface area contributed by atoms with Crippen molar-refractivity contribution in [2.75, 3.05) is 5.32 Å². The Morgan fingerprint density at radius 3 is 2.33 bits per heavy atom. The van der Waals surface area contributed by atoms with E-state index in [1.807, 2.05) is 24.3 Å². The number of carboxylic acid groups (broad SMARTS) is 1. The highest BCUT2D eigenvalue weighted by molar-refractivity contribution is 7.17. The van der Waals surface area contributed by atoms with Crippen LogP contribution in [0.5, 0.6) is 0 Å². The second kappa shape index (κ2) is 7.37. The zero-order valence-electron chi connectivity index (χ0n) is 14.6. The van der Waals surface area contributed by atoms with E-state index in [4.69, 9.17) is 0 Å². The van der Waals surface area contributed by atoms with Gasteiger partial charge in [0.25, 0.3) is 5.91 Å². The van der Waals surface area contributed by atoms with Gasteiger partial charge in [0.05, 0.1) is 5.56 Å². The number of aryl methyl sites for hydroxylation is 1. The molecule has 1 amide bonds. The summed E-state index contributed by atoms with van der Waals surface area (Å²) in [5.41, 5.74) is 2.87. The second-order valence-electron chi connectivity index (χ2n) is 6.68. The van der Waals surface area contributed by atoms with E-state index in [2.05, 4.69) is 17.4 Å². The fourth-order valence-corrected chi connectivity index (χ4v) is 4.90. The molecule has 1 aromatic heterocycles. The van der Waals surface area contributed by atoms with Gasteiger partial charge in [0.15, 0.2) is 0 Å². The molecule has 4 nitrogen and oxygen atoms in total. The lowest BCUT2D eigenvalue weighted by Gasteiger charge is -2.23. The Balaban J connectivity index is 1.65. The average molecular weight is 377 g/mol. The molecule has 0 aliphatic heterocycles. The van der Waals surface area contributed by atoms with E-state index in [-0.39, 0.29) is 11.5 Å². The maximum absolute atomic E-state index is 12.5. The molecule has 2 aromatic carbocycles. The lowest BCUT2D eigenvalue weighted by Crippen LogP contribution is -2.16. The first-order chi connectivity index (χ1) is 13.1. The number of anilines is 1. The Hall–Kier alpha value is -2.92. The molecule has 1 aliphatic carbocycles. The van der Waals surface area contributed by atoms with Gasteiger partial charge in [-0.1, -0.05) is 48.5 Å². The van der Waals surface area contributed by atoms with Gasteiger partial charge in [-0.15, -0.1) is 11.3 Å². The highest BCUT2D eigenvalue weighted by Gasteiger charge is 2.30. The van der Waals surface area contributed by atoms with Crippen molar-refractivity contribution in [3.63, 3.8) is 0 Å². The van der Waals surface area contributed by atoms with Gasteiger partial charge in [-0.2, -0.15) is 0 Å². The number of nitrogens with one attached hydrogen (secondary N) is 1. The maximum atomic E-state index is 12.5. The molecule has 4 rings (SSSR count). The first-order valence-electron chi connectivity index (χ1n) is 8.92. The van der Waals surface area contributed by atoms with Crippen LogP contribution in [0.15, 0.2) is 60.7 Å². The average Bonchev–Trinajstić information content (AvgIpc) is 3.06. The van der Waals surface area contributed by atoms with Crippen LogP contribution < -0.4 is 5.32 Å². The number of benzene rings is 2. The molecule has 1 unspecified atom stereocenters. The normalized spacial score (nSPS) is 15.8. The van der Waals surface area contributed by atoms with Crippen LogP contribution in [0.1, 0.15) is 49.1 Å². The minimum absolute atomic E-state index is 0.250. The number of amides is 1. The van der Waals surface area contributed by atoms with Crippen LogP contribution in [0.4, 0.5) is 5.00 Å². The predicted octanol–water partition coefficient (Wildman–Crippen LogP) is 4.97. The smallest absolute Gasteiger partial charge is 0.339 e. The van der Waals surface area contributed by atoms with Gasteiger partial charge < -0.3 is 10.4 Å². The minimum atomic E-state index is -0.982. The van der Waals surface area contributed by atoms with Crippen LogP contribution >= 0.6 is 11.3 Å². The molecule has 3 aromatic rings. The lowest BCUT2D eigenvalue weighted by atomic mass is 9.82. The van der Waals surface area contributed by atoms with E-state index >= 15 is 0 Å². The first-order valence-corrected chi connectivity index (χ1v) is 9.74. The van der Waals surface area contributed by atoms with Crippen LogP contribution in [-0.2, 0) is 12.8 Å². The van der Waals surface area contributed by atoms with Gasteiger partial charge in [-0.05, 0) is 48.4 Å². The molecule has 0 radical (unpaired) electrons. The highest BCUT2D eigenvalue weighted by Crippen LogP contribution is 2.42. The fraction of sp³-hybridized carbons (Fsp3) is 0.182. The van der Waals surface area contributed by atoms with Crippen molar-refractivity contribution < 1.29 is 14.7 Å². The van der Waals surface area contributed by atoms with Gasteiger partial charge >= 0.3 is 5.97 Å². The number of carbonyl (C=O) groups excluding carboxylic acids is 1. The summed E-state index contributed by atoms with van der Waals surface area (Å²) in [6.07, 6.45) is 2.52. The lowest BCUT2D eigenvalue weighted by molar-refractivity contribution is 0.0697. The quantitative estimate of drug-likeness (QED) is 0.674. The number of hydrogen-bond acceptors (Lipinski definition) is 3. The molecule has 2 N–H and O–H groups in total. The van der Waals surface area contributed by atoms with Crippen molar-refractivity contribution in [3.05, 3.63) is 87.8 Å². The Morgan fingerprint density at radius 1 is 1.00 bits per heavy atom. The number of rotatable bonds is 4. The molecule has 0 fully saturated rings. The molecule has 1 aliphatic rings. The SMILES string of the molecule is O=C(Nc1sc2c(c1C(=O)O)CC(c1ccccc1)CC2)c1ccccc1. The monoisotopic (exact) mass is 377 g/mol. The molecule has 0 spiro atoms. The molecular weight excluding hydrogens is 358 g/mol. The van der Waals surface area contributed by atoms with Crippen molar-refractivity contribution in [2.24, 2.45) is 0 Å². The van der Waals surface area contributed by atoms with Gasteiger partial charge in [-0.25, -0.2) is 4.79 Å². The van der Waals surface area contributed by atoms with Gasteiger partial charge in [-0.3, -0.25) is 4.79 Å². The van der Waals surface area contributed by atoms with E-state index in [9.17, 15) is 14.7 Å². The summed E-state index contributed by atoms with van der Waals surface area (Å²) in [5, 5.41) is 13.1. The summed E-state index contributed by atoms with van der Waals surface area (Å²) in [7, 11) is 0.